The minimum absolute atomic E-state index is 0.264. The van der Waals surface area contributed by atoms with Crippen LogP contribution in [0.1, 0.15) is 37.2 Å². The molecule has 2 heterocycles. The van der Waals surface area contributed by atoms with E-state index in [-0.39, 0.29) is 6.04 Å². The van der Waals surface area contributed by atoms with Crippen molar-refractivity contribution in [2.24, 2.45) is 0 Å². The SMILES string of the molecule is CC(C)n1ccc(CNC2COc3ccccc32)n1. The summed E-state index contributed by atoms with van der Waals surface area (Å²) in [5.74, 6) is 0.993. The van der Waals surface area contributed by atoms with Crippen LogP contribution in [-0.4, -0.2) is 16.4 Å². The third-order valence-corrected chi connectivity index (χ3v) is 3.42. The topological polar surface area (TPSA) is 39.1 Å². The fraction of sp³-hybridized carbons (Fsp3) is 0.400. The van der Waals surface area contributed by atoms with E-state index in [0.717, 1.165) is 18.0 Å². The van der Waals surface area contributed by atoms with Gasteiger partial charge in [0.2, 0.25) is 0 Å². The molecule has 0 bridgehead atoms. The molecule has 2 aromatic rings. The molecule has 4 nitrogen and oxygen atoms in total. The maximum absolute atomic E-state index is 5.65. The lowest BCUT2D eigenvalue weighted by atomic mass is 10.1. The van der Waals surface area contributed by atoms with Crippen molar-refractivity contribution in [3.05, 3.63) is 47.8 Å². The molecular formula is C15H19N3O. The minimum atomic E-state index is 0.264. The van der Waals surface area contributed by atoms with Gasteiger partial charge in [0.25, 0.3) is 0 Å². The van der Waals surface area contributed by atoms with Gasteiger partial charge in [-0.1, -0.05) is 18.2 Å². The van der Waals surface area contributed by atoms with Gasteiger partial charge in [-0.3, -0.25) is 4.68 Å². The molecule has 19 heavy (non-hydrogen) atoms. The van der Waals surface area contributed by atoms with Crippen LogP contribution in [0.15, 0.2) is 36.5 Å². The van der Waals surface area contributed by atoms with Gasteiger partial charge in [-0.2, -0.15) is 5.10 Å². The first kappa shape index (κ1) is 12.2. The average molecular weight is 257 g/mol. The summed E-state index contributed by atoms with van der Waals surface area (Å²) in [6, 6.07) is 10.9. The Kier molecular flexibility index (Phi) is 3.25. The fourth-order valence-corrected chi connectivity index (χ4v) is 2.32. The van der Waals surface area contributed by atoms with Crippen molar-refractivity contribution < 1.29 is 4.74 Å². The molecule has 1 aliphatic rings. The highest BCUT2D eigenvalue weighted by atomic mass is 16.5. The molecule has 0 spiro atoms. The predicted octanol–water partition coefficient (Wildman–Crippen LogP) is 2.69. The van der Waals surface area contributed by atoms with Crippen LogP contribution in [0, 0.1) is 0 Å². The molecular weight excluding hydrogens is 238 g/mol. The largest absolute Gasteiger partial charge is 0.491 e. The van der Waals surface area contributed by atoms with Crippen LogP contribution in [0.5, 0.6) is 5.75 Å². The lowest BCUT2D eigenvalue weighted by Crippen LogP contribution is -2.22. The van der Waals surface area contributed by atoms with E-state index in [9.17, 15) is 0 Å². The van der Waals surface area contributed by atoms with Crippen LogP contribution < -0.4 is 10.1 Å². The second-order valence-electron chi connectivity index (χ2n) is 5.16. The summed E-state index contributed by atoms with van der Waals surface area (Å²) >= 11 is 0. The normalized spacial score (nSPS) is 17.5. The van der Waals surface area contributed by atoms with Gasteiger partial charge in [0.05, 0.1) is 11.7 Å². The molecule has 1 N–H and O–H groups in total. The quantitative estimate of drug-likeness (QED) is 0.915. The van der Waals surface area contributed by atoms with Crippen LogP contribution in [0.3, 0.4) is 0 Å². The molecule has 0 radical (unpaired) electrons. The monoisotopic (exact) mass is 257 g/mol. The molecule has 100 valence electrons. The molecule has 0 fully saturated rings. The van der Waals surface area contributed by atoms with Crippen LogP contribution in [0.25, 0.3) is 0 Å². The van der Waals surface area contributed by atoms with Gasteiger partial charge in [0.1, 0.15) is 12.4 Å². The Morgan fingerprint density at radius 3 is 3.00 bits per heavy atom. The summed E-state index contributed by atoms with van der Waals surface area (Å²) in [6.45, 7) is 5.73. The number of hydrogen-bond donors (Lipinski definition) is 1. The van der Waals surface area contributed by atoms with Crippen molar-refractivity contribution in [3.63, 3.8) is 0 Å². The summed E-state index contributed by atoms with van der Waals surface area (Å²) in [4.78, 5) is 0. The fourth-order valence-electron chi connectivity index (χ4n) is 2.32. The van der Waals surface area contributed by atoms with Gasteiger partial charge in [0.15, 0.2) is 0 Å². The van der Waals surface area contributed by atoms with Crippen molar-refractivity contribution in [1.82, 2.24) is 15.1 Å². The maximum Gasteiger partial charge on any atom is 0.124 e. The van der Waals surface area contributed by atoms with E-state index in [1.54, 1.807) is 0 Å². The summed E-state index contributed by atoms with van der Waals surface area (Å²) in [5.41, 5.74) is 2.31. The number of rotatable bonds is 4. The number of fused-ring (bicyclic) bond motifs is 1. The van der Waals surface area contributed by atoms with E-state index in [4.69, 9.17) is 4.74 Å². The lowest BCUT2D eigenvalue weighted by Gasteiger charge is -2.10. The number of hydrogen-bond acceptors (Lipinski definition) is 3. The van der Waals surface area contributed by atoms with Gasteiger partial charge in [-0.25, -0.2) is 0 Å². The zero-order chi connectivity index (χ0) is 13.2. The highest BCUT2D eigenvalue weighted by molar-refractivity contribution is 5.39. The number of benzene rings is 1. The predicted molar refractivity (Wildman–Crippen MR) is 74.1 cm³/mol. The van der Waals surface area contributed by atoms with Gasteiger partial charge < -0.3 is 10.1 Å². The number of nitrogens with one attached hydrogen (secondary N) is 1. The second kappa shape index (κ2) is 5.05. The summed E-state index contributed by atoms with van der Waals surface area (Å²) < 4.78 is 7.64. The molecule has 0 amide bonds. The highest BCUT2D eigenvalue weighted by Crippen LogP contribution is 2.31. The Balaban J connectivity index is 1.64. The van der Waals surface area contributed by atoms with E-state index in [1.165, 1.54) is 5.56 Å². The van der Waals surface area contributed by atoms with E-state index in [0.29, 0.717) is 12.6 Å². The Labute approximate surface area is 113 Å². The Hall–Kier alpha value is -1.81. The molecule has 4 heteroatoms. The third kappa shape index (κ3) is 2.49. The van der Waals surface area contributed by atoms with Crippen LogP contribution in [0.2, 0.25) is 0 Å². The molecule has 0 saturated heterocycles. The zero-order valence-electron chi connectivity index (χ0n) is 11.3. The van der Waals surface area contributed by atoms with Crippen LogP contribution in [0.4, 0.5) is 0 Å². The zero-order valence-corrected chi connectivity index (χ0v) is 11.3. The Morgan fingerprint density at radius 2 is 2.21 bits per heavy atom. The van der Waals surface area contributed by atoms with Crippen molar-refractivity contribution >= 4 is 0 Å². The summed E-state index contributed by atoms with van der Waals surface area (Å²) in [6.07, 6.45) is 2.03. The lowest BCUT2D eigenvalue weighted by molar-refractivity contribution is 0.310. The van der Waals surface area contributed by atoms with Gasteiger partial charge in [-0.15, -0.1) is 0 Å². The van der Waals surface area contributed by atoms with E-state index in [2.05, 4.69) is 42.5 Å². The van der Waals surface area contributed by atoms with E-state index < -0.39 is 0 Å². The maximum atomic E-state index is 5.65. The first-order valence-corrected chi connectivity index (χ1v) is 6.73. The molecule has 0 saturated carbocycles. The van der Waals surface area contributed by atoms with Crippen molar-refractivity contribution in [1.29, 1.82) is 0 Å². The third-order valence-electron chi connectivity index (χ3n) is 3.42. The number of nitrogens with zero attached hydrogens (tertiary/aromatic N) is 2. The van der Waals surface area contributed by atoms with Gasteiger partial charge in [-0.05, 0) is 26.0 Å². The van der Waals surface area contributed by atoms with Gasteiger partial charge >= 0.3 is 0 Å². The molecule has 1 aromatic carbocycles. The Bertz CT molecular complexity index is 562. The first-order chi connectivity index (χ1) is 9.24. The van der Waals surface area contributed by atoms with Crippen LogP contribution in [-0.2, 0) is 6.54 Å². The molecule has 0 aliphatic carbocycles. The summed E-state index contributed by atoms with van der Waals surface area (Å²) in [7, 11) is 0. The first-order valence-electron chi connectivity index (χ1n) is 6.73. The number of para-hydroxylation sites is 1. The highest BCUT2D eigenvalue weighted by Gasteiger charge is 2.22. The molecule has 1 aliphatic heterocycles. The van der Waals surface area contributed by atoms with E-state index in [1.807, 2.05) is 23.0 Å². The molecule has 1 aromatic heterocycles. The summed E-state index contributed by atoms with van der Waals surface area (Å²) in [5, 5.41) is 8.05. The standard InChI is InChI=1S/C15H19N3O/c1-11(2)18-8-7-12(17-18)9-16-14-10-19-15-6-4-3-5-13(14)15/h3-8,11,14,16H,9-10H2,1-2H3. The van der Waals surface area contributed by atoms with E-state index >= 15 is 0 Å². The molecule has 1 unspecified atom stereocenters. The van der Waals surface area contributed by atoms with Crippen molar-refractivity contribution in [3.8, 4) is 5.75 Å². The van der Waals surface area contributed by atoms with Crippen LogP contribution >= 0.6 is 0 Å². The van der Waals surface area contributed by atoms with Gasteiger partial charge in [0, 0.05) is 24.3 Å². The molecule has 3 rings (SSSR count). The Morgan fingerprint density at radius 1 is 1.37 bits per heavy atom. The number of ether oxygens (including phenoxy) is 1. The second-order valence-corrected chi connectivity index (χ2v) is 5.16. The smallest absolute Gasteiger partial charge is 0.124 e. The average Bonchev–Trinajstić information content (AvgIpc) is 3.03. The number of aromatic nitrogens is 2. The van der Waals surface area contributed by atoms with Crippen molar-refractivity contribution in [2.75, 3.05) is 6.61 Å². The minimum Gasteiger partial charge on any atom is -0.491 e. The molecule has 1 atom stereocenters. The van der Waals surface area contributed by atoms with Crippen molar-refractivity contribution in [2.45, 2.75) is 32.5 Å².